The van der Waals surface area contributed by atoms with Gasteiger partial charge in [-0.05, 0) is 44.8 Å². The molecule has 0 spiro atoms. The van der Waals surface area contributed by atoms with E-state index in [0.29, 0.717) is 5.41 Å². The summed E-state index contributed by atoms with van der Waals surface area (Å²) >= 11 is 0. The average molecular weight is 223 g/mol. The van der Waals surface area contributed by atoms with Crippen molar-refractivity contribution in [2.75, 3.05) is 26.7 Å². The summed E-state index contributed by atoms with van der Waals surface area (Å²) in [5.41, 5.74) is 0.564. The predicted molar refractivity (Wildman–Crippen MR) is 67.1 cm³/mol. The van der Waals surface area contributed by atoms with Crippen LogP contribution in [0.1, 0.15) is 39.5 Å². The summed E-state index contributed by atoms with van der Waals surface area (Å²) in [5.74, 6) is 0. The molecular formula is C13H25N3. The second kappa shape index (κ2) is 6.22. The van der Waals surface area contributed by atoms with Crippen molar-refractivity contribution in [2.24, 2.45) is 5.41 Å². The Bertz CT molecular complexity index is 236. The van der Waals surface area contributed by atoms with E-state index in [2.05, 4.69) is 30.1 Å². The summed E-state index contributed by atoms with van der Waals surface area (Å²) in [6, 6.07) is 2.29. The average Bonchev–Trinajstić information content (AvgIpc) is 2.33. The lowest BCUT2D eigenvalue weighted by Gasteiger charge is -2.39. The SMILES string of the molecule is CCC1(C)CCN(CCC(C#N)NC)CC1. The first kappa shape index (κ1) is 13.5. The molecule has 1 heterocycles. The fourth-order valence-electron chi connectivity index (χ4n) is 2.26. The van der Waals surface area contributed by atoms with Gasteiger partial charge in [-0.15, -0.1) is 0 Å². The minimum Gasteiger partial charge on any atom is -0.305 e. The molecule has 0 amide bonds. The molecule has 16 heavy (non-hydrogen) atoms. The summed E-state index contributed by atoms with van der Waals surface area (Å²) in [6.45, 7) is 8.15. The van der Waals surface area contributed by atoms with E-state index in [4.69, 9.17) is 5.26 Å². The zero-order valence-corrected chi connectivity index (χ0v) is 10.9. The molecule has 1 aliphatic rings. The van der Waals surface area contributed by atoms with Crippen LogP contribution in [-0.4, -0.2) is 37.6 Å². The molecule has 0 aromatic rings. The Kier molecular flexibility index (Phi) is 5.24. The lowest BCUT2D eigenvalue weighted by atomic mass is 9.78. The van der Waals surface area contributed by atoms with Crippen LogP contribution in [0.15, 0.2) is 0 Å². The van der Waals surface area contributed by atoms with Crippen molar-refractivity contribution in [1.82, 2.24) is 10.2 Å². The summed E-state index contributed by atoms with van der Waals surface area (Å²) in [7, 11) is 1.86. The minimum atomic E-state index is 0.0134. The molecule has 1 fully saturated rings. The molecule has 3 heteroatoms. The molecule has 0 saturated carbocycles. The Morgan fingerprint density at radius 2 is 2.06 bits per heavy atom. The van der Waals surface area contributed by atoms with Crippen molar-refractivity contribution in [3.63, 3.8) is 0 Å². The summed E-state index contributed by atoms with van der Waals surface area (Å²) in [5, 5.41) is 11.9. The molecule has 0 radical (unpaired) electrons. The van der Waals surface area contributed by atoms with E-state index in [9.17, 15) is 0 Å². The largest absolute Gasteiger partial charge is 0.305 e. The zero-order valence-electron chi connectivity index (χ0n) is 10.9. The molecule has 0 aliphatic carbocycles. The summed E-state index contributed by atoms with van der Waals surface area (Å²) < 4.78 is 0. The molecule has 1 atom stereocenters. The summed E-state index contributed by atoms with van der Waals surface area (Å²) in [6.07, 6.45) is 4.84. The van der Waals surface area contributed by atoms with Gasteiger partial charge in [-0.2, -0.15) is 5.26 Å². The van der Waals surface area contributed by atoms with Crippen molar-refractivity contribution < 1.29 is 0 Å². The van der Waals surface area contributed by atoms with Crippen LogP contribution in [0.5, 0.6) is 0 Å². The van der Waals surface area contributed by atoms with Crippen LogP contribution in [0.2, 0.25) is 0 Å². The van der Waals surface area contributed by atoms with Gasteiger partial charge in [0.25, 0.3) is 0 Å². The van der Waals surface area contributed by atoms with E-state index in [1.807, 2.05) is 7.05 Å². The molecule has 92 valence electrons. The van der Waals surface area contributed by atoms with Crippen LogP contribution < -0.4 is 5.32 Å². The highest BCUT2D eigenvalue weighted by atomic mass is 15.1. The molecule has 1 saturated heterocycles. The third-order valence-corrected chi connectivity index (χ3v) is 4.16. The standard InChI is InChI=1S/C13H25N3/c1-4-13(2)6-9-16(10-7-13)8-5-12(11-14)15-3/h12,15H,4-10H2,1-3H3. The lowest BCUT2D eigenvalue weighted by Crippen LogP contribution is -2.40. The van der Waals surface area contributed by atoms with Gasteiger partial charge in [-0.1, -0.05) is 20.3 Å². The first-order chi connectivity index (χ1) is 7.63. The van der Waals surface area contributed by atoms with Gasteiger partial charge in [0.2, 0.25) is 0 Å². The fourth-order valence-corrected chi connectivity index (χ4v) is 2.26. The number of rotatable bonds is 5. The highest BCUT2D eigenvalue weighted by Gasteiger charge is 2.28. The maximum absolute atomic E-state index is 8.85. The van der Waals surface area contributed by atoms with Crippen LogP contribution in [0, 0.1) is 16.7 Å². The predicted octanol–water partition coefficient (Wildman–Crippen LogP) is 2.00. The second-order valence-electron chi connectivity index (χ2n) is 5.26. The first-order valence-electron chi connectivity index (χ1n) is 6.43. The highest BCUT2D eigenvalue weighted by Crippen LogP contribution is 2.33. The zero-order chi connectivity index (χ0) is 12.0. The molecule has 1 unspecified atom stereocenters. The van der Waals surface area contributed by atoms with Gasteiger partial charge in [0, 0.05) is 6.54 Å². The Balaban J connectivity index is 2.25. The molecule has 0 aromatic carbocycles. The number of hydrogen-bond donors (Lipinski definition) is 1. The molecule has 1 aliphatic heterocycles. The third-order valence-electron chi connectivity index (χ3n) is 4.16. The lowest BCUT2D eigenvalue weighted by molar-refractivity contribution is 0.113. The molecule has 0 aromatic heterocycles. The fraction of sp³-hybridized carbons (Fsp3) is 0.923. The van der Waals surface area contributed by atoms with E-state index in [1.54, 1.807) is 0 Å². The van der Waals surface area contributed by atoms with Crippen molar-refractivity contribution in [3.8, 4) is 6.07 Å². The van der Waals surface area contributed by atoms with Gasteiger partial charge >= 0.3 is 0 Å². The number of piperidine rings is 1. The van der Waals surface area contributed by atoms with Gasteiger partial charge in [0.1, 0.15) is 0 Å². The van der Waals surface area contributed by atoms with Crippen LogP contribution in [0.25, 0.3) is 0 Å². The quantitative estimate of drug-likeness (QED) is 0.775. The number of nitriles is 1. The van der Waals surface area contributed by atoms with E-state index in [-0.39, 0.29) is 6.04 Å². The van der Waals surface area contributed by atoms with Gasteiger partial charge in [-0.25, -0.2) is 0 Å². The first-order valence-corrected chi connectivity index (χ1v) is 6.43. The van der Waals surface area contributed by atoms with Crippen molar-refractivity contribution in [1.29, 1.82) is 5.26 Å². The number of nitrogens with one attached hydrogen (secondary N) is 1. The van der Waals surface area contributed by atoms with Gasteiger partial charge < -0.3 is 10.2 Å². The third kappa shape index (κ3) is 3.77. The topological polar surface area (TPSA) is 39.1 Å². The number of nitrogens with zero attached hydrogens (tertiary/aromatic N) is 2. The van der Waals surface area contributed by atoms with E-state index >= 15 is 0 Å². The van der Waals surface area contributed by atoms with E-state index in [1.165, 1.54) is 32.4 Å². The molecule has 1 N–H and O–H groups in total. The van der Waals surface area contributed by atoms with Crippen molar-refractivity contribution in [2.45, 2.75) is 45.6 Å². The molecule has 1 rings (SSSR count). The molecule has 3 nitrogen and oxygen atoms in total. The summed E-state index contributed by atoms with van der Waals surface area (Å²) in [4.78, 5) is 2.50. The Hall–Kier alpha value is -0.590. The molecular weight excluding hydrogens is 198 g/mol. The Morgan fingerprint density at radius 3 is 2.50 bits per heavy atom. The van der Waals surface area contributed by atoms with Gasteiger partial charge in [-0.3, -0.25) is 0 Å². The normalized spacial score (nSPS) is 22.6. The van der Waals surface area contributed by atoms with Gasteiger partial charge in [0.05, 0.1) is 12.1 Å². The van der Waals surface area contributed by atoms with Crippen LogP contribution >= 0.6 is 0 Å². The Morgan fingerprint density at radius 1 is 1.44 bits per heavy atom. The van der Waals surface area contributed by atoms with Crippen molar-refractivity contribution in [3.05, 3.63) is 0 Å². The van der Waals surface area contributed by atoms with Crippen LogP contribution in [0.3, 0.4) is 0 Å². The highest BCUT2D eigenvalue weighted by molar-refractivity contribution is 4.90. The van der Waals surface area contributed by atoms with Gasteiger partial charge in [0.15, 0.2) is 0 Å². The monoisotopic (exact) mass is 223 g/mol. The van der Waals surface area contributed by atoms with Crippen LogP contribution in [-0.2, 0) is 0 Å². The van der Waals surface area contributed by atoms with Crippen molar-refractivity contribution >= 4 is 0 Å². The minimum absolute atomic E-state index is 0.0134. The second-order valence-corrected chi connectivity index (χ2v) is 5.26. The maximum atomic E-state index is 8.85. The maximum Gasteiger partial charge on any atom is 0.0962 e. The van der Waals surface area contributed by atoms with E-state index < -0.39 is 0 Å². The number of hydrogen-bond acceptors (Lipinski definition) is 3. The van der Waals surface area contributed by atoms with E-state index in [0.717, 1.165) is 13.0 Å². The Labute approximate surface area is 99.8 Å². The van der Waals surface area contributed by atoms with Crippen LogP contribution in [0.4, 0.5) is 0 Å². The molecule has 0 bridgehead atoms. The smallest absolute Gasteiger partial charge is 0.0962 e. The number of likely N-dealkylation sites (tertiary alicyclic amines) is 1.